The van der Waals surface area contributed by atoms with E-state index in [1.165, 1.54) is 13.2 Å². The van der Waals surface area contributed by atoms with Crippen molar-refractivity contribution >= 4 is 21.7 Å². The van der Waals surface area contributed by atoms with Crippen molar-refractivity contribution in [2.75, 3.05) is 12.8 Å². The van der Waals surface area contributed by atoms with Gasteiger partial charge >= 0.3 is 0 Å². The quantitative estimate of drug-likeness (QED) is 0.896. The van der Waals surface area contributed by atoms with Crippen LogP contribution in [0.5, 0.6) is 5.75 Å². The van der Waals surface area contributed by atoms with Gasteiger partial charge in [-0.1, -0.05) is 0 Å². The molecule has 0 unspecified atom stereocenters. The van der Waals surface area contributed by atoms with Gasteiger partial charge in [0.2, 0.25) is 0 Å². The number of halogens is 2. The Balaban J connectivity index is 2.74. The maximum absolute atomic E-state index is 13.7. The fraction of sp³-hybridized carbons (Fsp3) is 0.182. The Hall–Kier alpha value is -1.56. The van der Waals surface area contributed by atoms with Gasteiger partial charge in [0.05, 0.1) is 17.3 Å². The van der Waals surface area contributed by atoms with Crippen molar-refractivity contribution < 1.29 is 9.13 Å². The van der Waals surface area contributed by atoms with E-state index in [2.05, 4.69) is 26.1 Å². The fourth-order valence-corrected chi connectivity index (χ4v) is 2.24. The second kappa shape index (κ2) is 4.37. The molecule has 17 heavy (non-hydrogen) atoms. The molecule has 1 aromatic heterocycles. The predicted molar refractivity (Wildman–Crippen MR) is 67.4 cm³/mol. The number of ether oxygens (including phenoxy) is 1. The first-order valence-electron chi connectivity index (χ1n) is 4.88. The molecule has 0 spiro atoms. The van der Waals surface area contributed by atoms with E-state index in [9.17, 15) is 4.39 Å². The number of hydrogen-bond donors (Lipinski definition) is 2. The van der Waals surface area contributed by atoms with Crippen LogP contribution < -0.4 is 10.5 Å². The molecule has 0 aliphatic carbocycles. The van der Waals surface area contributed by atoms with Crippen molar-refractivity contribution in [3.8, 4) is 17.0 Å². The Bertz CT molecular complexity index is 568. The number of benzene rings is 1. The van der Waals surface area contributed by atoms with Crippen molar-refractivity contribution in [1.29, 1.82) is 0 Å². The summed E-state index contributed by atoms with van der Waals surface area (Å²) in [4.78, 5) is 0. The molecule has 0 amide bonds. The maximum Gasteiger partial charge on any atom is 0.145 e. The standard InChI is InChI=1S/C11H11BrFN3O/c1-5-7(13)3-6(12)11(17-2)10(5)8-4-9(14)16-15-8/h3-4H,1-2H3,(H3,14,15,16). The van der Waals surface area contributed by atoms with Crippen LogP contribution in [0.4, 0.5) is 10.2 Å². The van der Waals surface area contributed by atoms with Crippen LogP contribution >= 0.6 is 15.9 Å². The number of hydrogen-bond acceptors (Lipinski definition) is 3. The van der Waals surface area contributed by atoms with E-state index in [0.29, 0.717) is 32.9 Å². The molecule has 0 atom stereocenters. The number of nitrogens with one attached hydrogen (secondary N) is 1. The number of nitrogens with two attached hydrogens (primary N) is 1. The minimum atomic E-state index is -0.319. The van der Waals surface area contributed by atoms with Gasteiger partial charge < -0.3 is 10.5 Å². The molecule has 6 heteroatoms. The normalized spacial score (nSPS) is 10.6. The number of aromatic nitrogens is 2. The van der Waals surface area contributed by atoms with Crippen molar-refractivity contribution in [3.05, 3.63) is 28.0 Å². The molecule has 1 aromatic carbocycles. The number of anilines is 1. The molecule has 4 nitrogen and oxygen atoms in total. The zero-order valence-corrected chi connectivity index (χ0v) is 10.9. The van der Waals surface area contributed by atoms with Gasteiger partial charge in [0, 0.05) is 11.6 Å². The van der Waals surface area contributed by atoms with Gasteiger partial charge in [-0.3, -0.25) is 5.10 Å². The molecule has 0 saturated heterocycles. The van der Waals surface area contributed by atoms with Crippen molar-refractivity contribution in [1.82, 2.24) is 10.2 Å². The summed E-state index contributed by atoms with van der Waals surface area (Å²) < 4.78 is 19.5. The van der Waals surface area contributed by atoms with Crippen molar-refractivity contribution in [3.63, 3.8) is 0 Å². The van der Waals surface area contributed by atoms with Crippen LogP contribution in [0, 0.1) is 12.7 Å². The highest BCUT2D eigenvalue weighted by Gasteiger charge is 2.18. The average molecular weight is 300 g/mol. The number of nitrogens with zero attached hydrogens (tertiary/aromatic N) is 1. The predicted octanol–water partition coefficient (Wildman–Crippen LogP) is 2.88. The fourth-order valence-electron chi connectivity index (χ4n) is 1.68. The molecule has 2 aromatic rings. The lowest BCUT2D eigenvalue weighted by atomic mass is 10.0. The van der Waals surface area contributed by atoms with Gasteiger partial charge in [-0.05, 0) is 34.5 Å². The lowest BCUT2D eigenvalue weighted by molar-refractivity contribution is 0.412. The highest BCUT2D eigenvalue weighted by atomic mass is 79.9. The molecule has 0 saturated carbocycles. The smallest absolute Gasteiger partial charge is 0.145 e. The second-order valence-corrected chi connectivity index (χ2v) is 4.43. The van der Waals surface area contributed by atoms with Crippen molar-refractivity contribution in [2.24, 2.45) is 0 Å². The summed E-state index contributed by atoms with van der Waals surface area (Å²) in [5.74, 6) is 0.579. The first-order valence-corrected chi connectivity index (χ1v) is 5.67. The third-order valence-corrected chi connectivity index (χ3v) is 3.09. The summed E-state index contributed by atoms with van der Waals surface area (Å²) in [6.07, 6.45) is 0. The van der Waals surface area contributed by atoms with Crippen LogP contribution in [0.1, 0.15) is 5.56 Å². The molecule has 1 heterocycles. The molecule has 90 valence electrons. The third-order valence-electron chi connectivity index (χ3n) is 2.50. The zero-order chi connectivity index (χ0) is 12.6. The Morgan fingerprint density at radius 2 is 2.18 bits per heavy atom. The van der Waals surface area contributed by atoms with Gasteiger partial charge in [0.15, 0.2) is 0 Å². The van der Waals surface area contributed by atoms with E-state index in [-0.39, 0.29) is 5.82 Å². The van der Waals surface area contributed by atoms with Gasteiger partial charge in [-0.2, -0.15) is 5.10 Å². The van der Waals surface area contributed by atoms with Crippen LogP contribution in [0.25, 0.3) is 11.3 Å². The SMILES string of the molecule is COc1c(Br)cc(F)c(C)c1-c1cc(N)n[nH]1. The Kier molecular flexibility index (Phi) is 3.06. The first kappa shape index (κ1) is 11.9. The first-order chi connectivity index (χ1) is 8.04. The summed E-state index contributed by atoms with van der Waals surface area (Å²) in [7, 11) is 1.53. The van der Waals surface area contributed by atoms with E-state index >= 15 is 0 Å². The third kappa shape index (κ3) is 2.00. The second-order valence-electron chi connectivity index (χ2n) is 3.58. The van der Waals surface area contributed by atoms with E-state index in [4.69, 9.17) is 10.5 Å². The lowest BCUT2D eigenvalue weighted by Crippen LogP contribution is -1.96. The molecule has 0 radical (unpaired) electrons. The van der Waals surface area contributed by atoms with Crippen molar-refractivity contribution in [2.45, 2.75) is 6.92 Å². The van der Waals surface area contributed by atoms with E-state index < -0.39 is 0 Å². The largest absolute Gasteiger partial charge is 0.495 e. The van der Waals surface area contributed by atoms with Crippen LogP contribution in [0.2, 0.25) is 0 Å². The van der Waals surface area contributed by atoms with E-state index in [0.717, 1.165) is 0 Å². The van der Waals surface area contributed by atoms with Crippen LogP contribution in [0.3, 0.4) is 0 Å². The highest BCUT2D eigenvalue weighted by molar-refractivity contribution is 9.10. The number of methoxy groups -OCH3 is 1. The molecular formula is C11H11BrFN3O. The minimum Gasteiger partial charge on any atom is -0.495 e. The van der Waals surface area contributed by atoms with Gasteiger partial charge in [-0.15, -0.1) is 0 Å². The average Bonchev–Trinajstić information content (AvgIpc) is 2.69. The van der Waals surface area contributed by atoms with Crippen LogP contribution in [-0.2, 0) is 0 Å². The molecule has 0 fully saturated rings. The van der Waals surface area contributed by atoms with Gasteiger partial charge in [0.25, 0.3) is 0 Å². The minimum absolute atomic E-state index is 0.319. The number of aromatic amines is 1. The molecule has 0 aliphatic heterocycles. The summed E-state index contributed by atoms with van der Waals surface area (Å²) in [5.41, 5.74) is 7.26. The zero-order valence-electron chi connectivity index (χ0n) is 9.34. The number of H-pyrrole nitrogens is 1. The molecule has 0 bridgehead atoms. The summed E-state index contributed by atoms with van der Waals surface area (Å²) in [6, 6.07) is 3.01. The molecule has 2 rings (SSSR count). The molecular weight excluding hydrogens is 289 g/mol. The Morgan fingerprint density at radius 3 is 2.71 bits per heavy atom. The monoisotopic (exact) mass is 299 g/mol. The summed E-state index contributed by atoms with van der Waals surface area (Å²) in [5, 5.41) is 6.58. The number of nitrogen functional groups attached to an aromatic ring is 1. The van der Waals surface area contributed by atoms with Gasteiger partial charge in [0.1, 0.15) is 17.4 Å². The van der Waals surface area contributed by atoms with E-state index in [1.807, 2.05) is 0 Å². The molecule has 0 aliphatic rings. The highest BCUT2D eigenvalue weighted by Crippen LogP contribution is 2.39. The van der Waals surface area contributed by atoms with E-state index in [1.54, 1.807) is 13.0 Å². The lowest BCUT2D eigenvalue weighted by Gasteiger charge is -2.12. The molecule has 3 N–H and O–H groups in total. The Morgan fingerprint density at radius 1 is 1.47 bits per heavy atom. The Labute approximate surface area is 106 Å². The maximum atomic E-state index is 13.7. The summed E-state index contributed by atoms with van der Waals surface area (Å²) in [6.45, 7) is 1.68. The van der Waals surface area contributed by atoms with Gasteiger partial charge in [-0.25, -0.2) is 4.39 Å². The topological polar surface area (TPSA) is 63.9 Å². The van der Waals surface area contributed by atoms with Crippen LogP contribution in [-0.4, -0.2) is 17.3 Å². The van der Waals surface area contributed by atoms with Crippen LogP contribution in [0.15, 0.2) is 16.6 Å². The number of rotatable bonds is 2. The summed E-state index contributed by atoms with van der Waals surface area (Å²) >= 11 is 3.27.